The molecule has 1 saturated carbocycles. The van der Waals surface area contributed by atoms with Crippen LogP contribution in [-0.4, -0.2) is 25.3 Å². The Hall–Kier alpha value is -1.42. The van der Waals surface area contributed by atoms with Gasteiger partial charge in [-0.2, -0.15) is 0 Å². The normalized spacial score (nSPS) is 17.3. The van der Waals surface area contributed by atoms with E-state index in [1.807, 2.05) is 6.92 Å². The van der Waals surface area contributed by atoms with Crippen LogP contribution < -0.4 is 9.47 Å². The standard InChI is InChI=1S/C16H21ClO4/c1-10-11(9-12(17)14(21-3)13(10)20-2)16(15(18)19)7-5-4-6-8-16/h9H,4-8H2,1-3H3,(H,18,19). The molecule has 1 aromatic rings. The molecule has 2 rings (SSSR count). The molecule has 0 aliphatic heterocycles. The van der Waals surface area contributed by atoms with Gasteiger partial charge in [-0.25, -0.2) is 0 Å². The average Bonchev–Trinajstić information content (AvgIpc) is 2.49. The van der Waals surface area contributed by atoms with E-state index in [1.54, 1.807) is 13.2 Å². The van der Waals surface area contributed by atoms with Gasteiger partial charge in [0.15, 0.2) is 11.5 Å². The third-order valence-electron chi connectivity index (χ3n) is 4.48. The van der Waals surface area contributed by atoms with E-state index in [1.165, 1.54) is 7.11 Å². The Bertz CT molecular complexity index is 548. The number of carbonyl (C=O) groups is 1. The van der Waals surface area contributed by atoms with Gasteiger partial charge in [-0.15, -0.1) is 0 Å². The smallest absolute Gasteiger partial charge is 0.314 e. The van der Waals surface area contributed by atoms with E-state index in [0.29, 0.717) is 29.4 Å². The second kappa shape index (κ2) is 6.14. The minimum absolute atomic E-state index is 0.390. The lowest BCUT2D eigenvalue weighted by Gasteiger charge is -2.35. The Morgan fingerprint density at radius 2 is 1.76 bits per heavy atom. The topological polar surface area (TPSA) is 55.8 Å². The van der Waals surface area contributed by atoms with Gasteiger partial charge in [0.2, 0.25) is 0 Å². The van der Waals surface area contributed by atoms with Crippen LogP contribution in [0.15, 0.2) is 6.07 Å². The van der Waals surface area contributed by atoms with Gasteiger partial charge < -0.3 is 14.6 Å². The molecule has 0 aromatic heterocycles. The van der Waals surface area contributed by atoms with E-state index in [2.05, 4.69) is 0 Å². The summed E-state index contributed by atoms with van der Waals surface area (Å²) in [5.74, 6) is 0.191. The van der Waals surface area contributed by atoms with Crippen molar-refractivity contribution in [2.45, 2.75) is 44.4 Å². The zero-order valence-electron chi connectivity index (χ0n) is 12.7. The minimum atomic E-state index is -0.870. The molecule has 0 unspecified atom stereocenters. The van der Waals surface area contributed by atoms with Crippen LogP contribution in [0.2, 0.25) is 5.02 Å². The molecule has 0 saturated heterocycles. The fourth-order valence-corrected chi connectivity index (χ4v) is 3.66. The number of ether oxygens (including phenoxy) is 2. The highest BCUT2D eigenvalue weighted by atomic mass is 35.5. The summed E-state index contributed by atoms with van der Waals surface area (Å²) in [4.78, 5) is 12.0. The number of aliphatic carboxylic acids is 1. The molecule has 1 N–H and O–H groups in total. The van der Waals surface area contributed by atoms with Crippen LogP contribution >= 0.6 is 11.6 Å². The Balaban J connectivity index is 2.67. The molecule has 1 fully saturated rings. The molecule has 4 nitrogen and oxygen atoms in total. The maximum absolute atomic E-state index is 12.0. The van der Waals surface area contributed by atoms with Crippen LogP contribution in [-0.2, 0) is 10.2 Å². The van der Waals surface area contributed by atoms with Gasteiger partial charge in [-0.05, 0) is 37.0 Å². The fourth-order valence-electron chi connectivity index (χ4n) is 3.39. The molecule has 0 amide bonds. The van der Waals surface area contributed by atoms with Crippen LogP contribution in [0.5, 0.6) is 11.5 Å². The summed E-state index contributed by atoms with van der Waals surface area (Å²) >= 11 is 6.27. The second-order valence-corrected chi connectivity index (χ2v) is 5.95. The van der Waals surface area contributed by atoms with E-state index >= 15 is 0 Å². The van der Waals surface area contributed by atoms with Crippen molar-refractivity contribution >= 4 is 17.6 Å². The van der Waals surface area contributed by atoms with Gasteiger partial charge in [0.05, 0.1) is 24.7 Å². The van der Waals surface area contributed by atoms with Gasteiger partial charge in [0, 0.05) is 0 Å². The van der Waals surface area contributed by atoms with Crippen molar-refractivity contribution in [3.63, 3.8) is 0 Å². The zero-order valence-corrected chi connectivity index (χ0v) is 13.4. The first-order valence-electron chi connectivity index (χ1n) is 7.13. The van der Waals surface area contributed by atoms with Crippen molar-refractivity contribution in [3.05, 3.63) is 22.2 Å². The highest BCUT2D eigenvalue weighted by Gasteiger charge is 2.43. The summed E-state index contributed by atoms with van der Waals surface area (Å²) in [6.07, 6.45) is 4.18. The number of rotatable bonds is 4. The van der Waals surface area contributed by atoms with E-state index in [-0.39, 0.29) is 0 Å². The fraction of sp³-hybridized carbons (Fsp3) is 0.562. The van der Waals surface area contributed by atoms with Crippen molar-refractivity contribution in [2.75, 3.05) is 14.2 Å². The molecule has 21 heavy (non-hydrogen) atoms. The Morgan fingerprint density at radius 1 is 1.19 bits per heavy atom. The van der Waals surface area contributed by atoms with Crippen molar-refractivity contribution in [2.24, 2.45) is 0 Å². The molecular formula is C16H21ClO4. The molecule has 1 aliphatic carbocycles. The molecule has 0 atom stereocenters. The number of hydrogen-bond acceptors (Lipinski definition) is 3. The molecule has 116 valence electrons. The van der Waals surface area contributed by atoms with Crippen molar-refractivity contribution in [1.29, 1.82) is 0 Å². The monoisotopic (exact) mass is 312 g/mol. The van der Waals surface area contributed by atoms with Crippen LogP contribution in [0, 0.1) is 6.92 Å². The first-order valence-corrected chi connectivity index (χ1v) is 7.50. The van der Waals surface area contributed by atoms with E-state index in [0.717, 1.165) is 30.4 Å². The molecule has 5 heteroatoms. The lowest BCUT2D eigenvalue weighted by Crippen LogP contribution is -2.38. The van der Waals surface area contributed by atoms with Crippen LogP contribution in [0.3, 0.4) is 0 Å². The SMILES string of the molecule is COc1c(Cl)cc(C2(C(=O)O)CCCCC2)c(C)c1OC. The summed E-state index contributed by atoms with van der Waals surface area (Å²) in [7, 11) is 3.07. The summed E-state index contributed by atoms with van der Waals surface area (Å²) in [5, 5.41) is 10.2. The molecule has 0 spiro atoms. The molecule has 1 aromatic carbocycles. The summed E-state index contributed by atoms with van der Waals surface area (Å²) in [6, 6.07) is 1.73. The van der Waals surface area contributed by atoms with E-state index in [4.69, 9.17) is 21.1 Å². The van der Waals surface area contributed by atoms with Gasteiger partial charge in [0.25, 0.3) is 0 Å². The van der Waals surface area contributed by atoms with Crippen molar-refractivity contribution in [1.82, 2.24) is 0 Å². The molecule has 0 heterocycles. The van der Waals surface area contributed by atoms with Crippen LogP contribution in [0.1, 0.15) is 43.2 Å². The van der Waals surface area contributed by atoms with E-state index in [9.17, 15) is 9.90 Å². The average molecular weight is 313 g/mol. The third-order valence-corrected chi connectivity index (χ3v) is 4.76. The third kappa shape index (κ3) is 2.57. The lowest BCUT2D eigenvalue weighted by molar-refractivity contribution is -0.145. The summed E-state index contributed by atoms with van der Waals surface area (Å²) in [6.45, 7) is 1.87. The highest BCUT2D eigenvalue weighted by Crippen LogP contribution is 2.48. The quantitative estimate of drug-likeness (QED) is 0.914. The second-order valence-electron chi connectivity index (χ2n) is 5.55. The first kappa shape index (κ1) is 16.0. The van der Waals surface area contributed by atoms with Crippen molar-refractivity contribution in [3.8, 4) is 11.5 Å². The number of carboxylic acid groups (broad SMARTS) is 1. The molecular weight excluding hydrogens is 292 g/mol. The zero-order chi connectivity index (χ0) is 15.6. The minimum Gasteiger partial charge on any atom is -0.493 e. The number of benzene rings is 1. The van der Waals surface area contributed by atoms with Gasteiger partial charge in [0.1, 0.15) is 0 Å². The molecule has 0 radical (unpaired) electrons. The Morgan fingerprint density at radius 3 is 2.24 bits per heavy atom. The van der Waals surface area contributed by atoms with Crippen molar-refractivity contribution < 1.29 is 19.4 Å². The van der Waals surface area contributed by atoms with Gasteiger partial charge in [-0.1, -0.05) is 30.9 Å². The number of methoxy groups -OCH3 is 2. The largest absolute Gasteiger partial charge is 0.493 e. The Labute approximate surface area is 130 Å². The predicted octanol–water partition coefficient (Wildman–Crippen LogP) is 3.95. The molecule has 1 aliphatic rings. The number of hydrogen-bond donors (Lipinski definition) is 1. The van der Waals surface area contributed by atoms with Gasteiger partial charge in [-0.3, -0.25) is 4.79 Å². The summed E-state index contributed by atoms with van der Waals surface area (Å²) in [5.41, 5.74) is 0.673. The lowest BCUT2D eigenvalue weighted by atomic mass is 9.68. The maximum atomic E-state index is 12.0. The summed E-state index contributed by atoms with van der Waals surface area (Å²) < 4.78 is 10.7. The van der Waals surface area contributed by atoms with Crippen LogP contribution in [0.4, 0.5) is 0 Å². The van der Waals surface area contributed by atoms with E-state index < -0.39 is 11.4 Å². The first-order chi connectivity index (χ1) is 9.97. The number of halogens is 1. The molecule has 0 bridgehead atoms. The highest BCUT2D eigenvalue weighted by molar-refractivity contribution is 6.32. The van der Waals surface area contributed by atoms with Gasteiger partial charge >= 0.3 is 5.97 Å². The predicted molar refractivity (Wildman–Crippen MR) is 81.7 cm³/mol. The Kier molecular flexibility index (Phi) is 4.67. The van der Waals surface area contributed by atoms with Crippen LogP contribution in [0.25, 0.3) is 0 Å². The number of carboxylic acids is 1. The maximum Gasteiger partial charge on any atom is 0.314 e.